The Morgan fingerprint density at radius 3 is 2.69 bits per heavy atom. The second-order valence-corrected chi connectivity index (χ2v) is 9.21. The summed E-state index contributed by atoms with van der Waals surface area (Å²) in [5.74, 6) is 0.990. The summed E-state index contributed by atoms with van der Waals surface area (Å²) in [4.78, 5) is 16.2. The summed E-state index contributed by atoms with van der Waals surface area (Å²) in [6.45, 7) is 2.39. The number of halogens is 3. The molecule has 1 aliphatic heterocycles. The zero-order chi connectivity index (χ0) is 22.6. The molecule has 0 radical (unpaired) electrons. The summed E-state index contributed by atoms with van der Waals surface area (Å²) >= 11 is 2.68. The number of nitrogens with one attached hydrogen (secondary N) is 1. The number of carbonyl (C=O) groups is 1. The lowest BCUT2D eigenvalue weighted by atomic mass is 10.1. The predicted octanol–water partition coefficient (Wildman–Crippen LogP) is 4.20. The first-order valence-electron chi connectivity index (χ1n) is 9.81. The van der Waals surface area contributed by atoms with Crippen molar-refractivity contribution in [3.63, 3.8) is 0 Å². The standard InChI is InChI=1S/C20H20F3N5O2S2/c21-20(22,23)14-3-1-4-15(11-14)27-6-8-28(9-7-27)17(29)13-31-19-26-25-18(32-19)24-12-16-5-2-10-30-16/h1-5,10-11H,6-9,12-13H2,(H,24,25). The van der Waals surface area contributed by atoms with Crippen LogP contribution in [0.5, 0.6) is 0 Å². The van der Waals surface area contributed by atoms with Crippen LogP contribution < -0.4 is 10.2 Å². The average Bonchev–Trinajstić information content (AvgIpc) is 3.48. The number of amides is 1. The van der Waals surface area contributed by atoms with Crippen LogP contribution in [0.3, 0.4) is 0 Å². The minimum absolute atomic E-state index is 0.0287. The van der Waals surface area contributed by atoms with E-state index in [4.69, 9.17) is 4.42 Å². The van der Waals surface area contributed by atoms with Crippen molar-refractivity contribution >= 4 is 39.8 Å². The number of rotatable bonds is 7. The van der Waals surface area contributed by atoms with E-state index >= 15 is 0 Å². The Labute approximate surface area is 190 Å². The first-order valence-corrected chi connectivity index (χ1v) is 11.6. The lowest BCUT2D eigenvalue weighted by Gasteiger charge is -2.36. The molecule has 170 valence electrons. The number of piperazine rings is 1. The minimum Gasteiger partial charge on any atom is -0.467 e. The molecular formula is C20H20F3N5O2S2. The molecule has 0 spiro atoms. The van der Waals surface area contributed by atoms with Gasteiger partial charge in [0.15, 0.2) is 4.34 Å². The Hall–Kier alpha value is -2.73. The number of thioether (sulfide) groups is 1. The summed E-state index contributed by atoms with van der Waals surface area (Å²) in [6.07, 6.45) is -2.77. The molecule has 1 aromatic carbocycles. The normalized spacial score (nSPS) is 14.6. The lowest BCUT2D eigenvalue weighted by molar-refractivity contribution is -0.137. The van der Waals surface area contributed by atoms with Gasteiger partial charge in [-0.05, 0) is 30.3 Å². The molecule has 1 fully saturated rings. The van der Waals surface area contributed by atoms with Crippen LogP contribution in [0.25, 0.3) is 0 Å². The summed E-state index contributed by atoms with van der Waals surface area (Å²) in [5, 5.41) is 11.9. The summed E-state index contributed by atoms with van der Waals surface area (Å²) in [6, 6.07) is 8.95. The molecule has 4 rings (SSSR count). The van der Waals surface area contributed by atoms with Gasteiger partial charge in [0.25, 0.3) is 0 Å². The smallest absolute Gasteiger partial charge is 0.416 e. The third-order valence-corrected chi connectivity index (χ3v) is 6.89. The van der Waals surface area contributed by atoms with Gasteiger partial charge in [0.05, 0.1) is 24.1 Å². The quantitative estimate of drug-likeness (QED) is 0.505. The molecule has 12 heteroatoms. The van der Waals surface area contributed by atoms with Gasteiger partial charge in [0, 0.05) is 31.9 Å². The molecule has 3 heterocycles. The van der Waals surface area contributed by atoms with Gasteiger partial charge in [-0.1, -0.05) is 29.2 Å². The van der Waals surface area contributed by atoms with Crippen molar-refractivity contribution in [2.24, 2.45) is 0 Å². The van der Waals surface area contributed by atoms with E-state index in [1.54, 1.807) is 17.2 Å². The van der Waals surface area contributed by atoms with Crippen molar-refractivity contribution in [2.45, 2.75) is 17.1 Å². The zero-order valence-electron chi connectivity index (χ0n) is 16.8. The predicted molar refractivity (Wildman–Crippen MR) is 117 cm³/mol. The molecule has 1 amide bonds. The highest BCUT2D eigenvalue weighted by Crippen LogP contribution is 2.32. The highest BCUT2D eigenvalue weighted by Gasteiger charge is 2.31. The number of anilines is 2. The van der Waals surface area contributed by atoms with E-state index in [1.165, 1.54) is 29.2 Å². The van der Waals surface area contributed by atoms with Gasteiger partial charge >= 0.3 is 6.18 Å². The van der Waals surface area contributed by atoms with Crippen LogP contribution >= 0.6 is 23.1 Å². The summed E-state index contributed by atoms with van der Waals surface area (Å²) in [5.41, 5.74) is -0.148. The number of nitrogens with zero attached hydrogens (tertiary/aromatic N) is 4. The molecule has 1 aliphatic rings. The average molecular weight is 484 g/mol. The number of alkyl halides is 3. The lowest BCUT2D eigenvalue weighted by Crippen LogP contribution is -2.49. The second kappa shape index (κ2) is 9.82. The molecule has 7 nitrogen and oxygen atoms in total. The summed E-state index contributed by atoms with van der Waals surface area (Å²) in [7, 11) is 0. The number of benzene rings is 1. The van der Waals surface area contributed by atoms with Gasteiger partial charge in [0.2, 0.25) is 11.0 Å². The molecule has 32 heavy (non-hydrogen) atoms. The van der Waals surface area contributed by atoms with Crippen LogP contribution in [0, 0.1) is 0 Å². The van der Waals surface area contributed by atoms with E-state index in [-0.39, 0.29) is 11.7 Å². The number of carbonyl (C=O) groups excluding carboxylic acids is 1. The van der Waals surface area contributed by atoms with Gasteiger partial charge in [-0.25, -0.2) is 0 Å². The van der Waals surface area contributed by atoms with Crippen LogP contribution in [-0.2, 0) is 17.5 Å². The fraction of sp³-hybridized carbons (Fsp3) is 0.350. The third kappa shape index (κ3) is 5.74. The molecule has 0 aliphatic carbocycles. The molecular weight excluding hydrogens is 463 g/mol. The minimum atomic E-state index is -4.37. The fourth-order valence-corrected chi connectivity index (χ4v) is 4.87. The van der Waals surface area contributed by atoms with Crippen molar-refractivity contribution in [1.29, 1.82) is 0 Å². The van der Waals surface area contributed by atoms with Crippen LogP contribution in [0.15, 0.2) is 51.4 Å². The number of hydrogen-bond acceptors (Lipinski definition) is 8. The number of aromatic nitrogens is 2. The Morgan fingerprint density at radius 1 is 1.16 bits per heavy atom. The fourth-order valence-electron chi connectivity index (χ4n) is 3.22. The first-order chi connectivity index (χ1) is 15.4. The Balaban J connectivity index is 1.23. The van der Waals surface area contributed by atoms with E-state index in [0.717, 1.165) is 17.9 Å². The molecule has 3 aromatic rings. The number of hydrogen-bond donors (Lipinski definition) is 1. The van der Waals surface area contributed by atoms with E-state index in [1.807, 2.05) is 17.0 Å². The van der Waals surface area contributed by atoms with E-state index in [0.29, 0.717) is 47.9 Å². The van der Waals surface area contributed by atoms with Gasteiger partial charge in [0.1, 0.15) is 5.76 Å². The zero-order valence-corrected chi connectivity index (χ0v) is 18.5. The molecule has 0 unspecified atom stereocenters. The van der Waals surface area contributed by atoms with E-state index < -0.39 is 11.7 Å². The monoisotopic (exact) mass is 483 g/mol. The van der Waals surface area contributed by atoms with Crippen LogP contribution in [-0.4, -0.2) is 52.9 Å². The maximum atomic E-state index is 12.9. The van der Waals surface area contributed by atoms with Crippen LogP contribution in [0.1, 0.15) is 11.3 Å². The first kappa shape index (κ1) is 22.5. The summed E-state index contributed by atoms with van der Waals surface area (Å²) < 4.78 is 44.8. The van der Waals surface area contributed by atoms with E-state index in [9.17, 15) is 18.0 Å². The van der Waals surface area contributed by atoms with Crippen molar-refractivity contribution < 1.29 is 22.4 Å². The maximum absolute atomic E-state index is 12.9. The molecule has 0 saturated carbocycles. The van der Waals surface area contributed by atoms with Crippen molar-refractivity contribution in [1.82, 2.24) is 15.1 Å². The van der Waals surface area contributed by atoms with Crippen molar-refractivity contribution in [2.75, 3.05) is 42.1 Å². The van der Waals surface area contributed by atoms with Crippen molar-refractivity contribution in [3.8, 4) is 0 Å². The van der Waals surface area contributed by atoms with Gasteiger partial charge in [-0.3, -0.25) is 4.79 Å². The Kier molecular flexibility index (Phi) is 6.89. The van der Waals surface area contributed by atoms with Gasteiger partial charge < -0.3 is 19.5 Å². The molecule has 0 atom stereocenters. The van der Waals surface area contributed by atoms with Crippen molar-refractivity contribution in [3.05, 3.63) is 54.0 Å². The van der Waals surface area contributed by atoms with E-state index in [2.05, 4.69) is 15.5 Å². The maximum Gasteiger partial charge on any atom is 0.416 e. The highest BCUT2D eigenvalue weighted by atomic mass is 32.2. The van der Waals surface area contributed by atoms with Gasteiger partial charge in [-0.15, -0.1) is 10.2 Å². The topological polar surface area (TPSA) is 74.5 Å². The molecule has 1 N–H and O–H groups in total. The Morgan fingerprint density at radius 2 is 1.97 bits per heavy atom. The SMILES string of the molecule is O=C(CSc1nnc(NCc2ccco2)s1)N1CCN(c2cccc(C(F)(F)F)c2)CC1. The second-order valence-electron chi connectivity index (χ2n) is 7.01. The van der Waals surface area contributed by atoms with Gasteiger partial charge in [-0.2, -0.15) is 13.2 Å². The molecule has 2 aromatic heterocycles. The van der Waals surface area contributed by atoms with Crippen LogP contribution in [0.4, 0.5) is 24.0 Å². The molecule has 0 bridgehead atoms. The number of furan rings is 1. The third-order valence-electron chi connectivity index (χ3n) is 4.89. The van der Waals surface area contributed by atoms with Crippen LogP contribution in [0.2, 0.25) is 0 Å². The Bertz CT molecular complexity index is 1030. The molecule has 1 saturated heterocycles. The highest BCUT2D eigenvalue weighted by molar-refractivity contribution is 8.01. The largest absolute Gasteiger partial charge is 0.467 e.